The topological polar surface area (TPSA) is 78.9 Å². The SMILES string of the molecule is CCCC/C=C\C/C=C\CCCCCCCC(=O)OCC(COC(=O)CCCCCCCCCCCCCCCCCCCCCCCCCCCCCCCC)OC(=O)CCCCCCCC/C=C\C/C=C\C/C=C\CCCCC. The zero-order chi connectivity index (χ0) is 58.5. The van der Waals surface area contributed by atoms with Crippen molar-refractivity contribution in [3.63, 3.8) is 0 Å². The molecule has 1 atom stereocenters. The molecule has 0 heterocycles. The molecule has 0 rings (SSSR count). The molecule has 0 N–H and O–H groups in total. The largest absolute Gasteiger partial charge is 0.462 e. The second kappa shape index (κ2) is 69.6. The van der Waals surface area contributed by atoms with E-state index in [0.717, 1.165) is 103 Å². The highest BCUT2D eigenvalue weighted by Crippen LogP contribution is 2.18. The van der Waals surface area contributed by atoms with Crippen molar-refractivity contribution in [2.24, 2.45) is 0 Å². The Bertz CT molecular complexity index is 1440. The van der Waals surface area contributed by atoms with Crippen molar-refractivity contribution in [3.05, 3.63) is 60.8 Å². The highest BCUT2D eigenvalue weighted by atomic mass is 16.6. The first-order chi connectivity index (χ1) is 40.0. The zero-order valence-electron chi connectivity index (χ0n) is 54.3. The number of carbonyl (C=O) groups excluding carboxylic acids is 3. The van der Waals surface area contributed by atoms with Gasteiger partial charge in [0.05, 0.1) is 0 Å². The van der Waals surface area contributed by atoms with Gasteiger partial charge in [0.25, 0.3) is 0 Å². The lowest BCUT2D eigenvalue weighted by Gasteiger charge is -2.18. The fraction of sp³-hybridized carbons (Fsp3) is 0.827. The molecule has 6 nitrogen and oxygen atoms in total. The molecule has 472 valence electrons. The Hall–Kier alpha value is -2.89. The van der Waals surface area contributed by atoms with Gasteiger partial charge < -0.3 is 14.2 Å². The van der Waals surface area contributed by atoms with Crippen LogP contribution in [0, 0.1) is 0 Å². The molecule has 0 aromatic carbocycles. The van der Waals surface area contributed by atoms with Crippen LogP contribution in [0.3, 0.4) is 0 Å². The summed E-state index contributed by atoms with van der Waals surface area (Å²) in [6.45, 7) is 6.61. The first-order valence-electron chi connectivity index (χ1n) is 35.8. The maximum atomic E-state index is 12.9. The molecule has 0 saturated heterocycles. The van der Waals surface area contributed by atoms with Crippen molar-refractivity contribution in [2.75, 3.05) is 13.2 Å². The van der Waals surface area contributed by atoms with Crippen LogP contribution in [0.15, 0.2) is 60.8 Å². The molecule has 0 amide bonds. The van der Waals surface area contributed by atoms with Crippen LogP contribution in [0.4, 0.5) is 0 Å². The summed E-state index contributed by atoms with van der Waals surface area (Å²) in [5, 5.41) is 0. The van der Waals surface area contributed by atoms with Gasteiger partial charge in [0.15, 0.2) is 6.10 Å². The van der Waals surface area contributed by atoms with Crippen molar-refractivity contribution >= 4 is 17.9 Å². The molecule has 0 aromatic rings. The lowest BCUT2D eigenvalue weighted by molar-refractivity contribution is -0.167. The first kappa shape index (κ1) is 78.1. The summed E-state index contributed by atoms with van der Waals surface area (Å²) in [4.78, 5) is 38.4. The number of rotatable bonds is 66. The molecular weight excluding hydrogens is 997 g/mol. The molecule has 0 aromatic heterocycles. The highest BCUT2D eigenvalue weighted by molar-refractivity contribution is 5.71. The second-order valence-corrected chi connectivity index (χ2v) is 24.1. The summed E-state index contributed by atoms with van der Waals surface area (Å²) >= 11 is 0. The van der Waals surface area contributed by atoms with E-state index in [2.05, 4.69) is 81.5 Å². The summed E-state index contributed by atoms with van der Waals surface area (Å²) in [5.74, 6) is -0.887. The van der Waals surface area contributed by atoms with E-state index in [9.17, 15) is 14.4 Å². The van der Waals surface area contributed by atoms with Gasteiger partial charge in [0, 0.05) is 19.3 Å². The van der Waals surface area contributed by atoms with Crippen LogP contribution < -0.4 is 0 Å². The predicted octanol–water partition coefficient (Wildman–Crippen LogP) is 24.7. The number of carbonyl (C=O) groups is 3. The monoisotopic (exact) mass is 1130 g/mol. The number of unbranched alkanes of at least 4 members (excludes halogenated alkanes) is 45. The Balaban J connectivity index is 4.21. The fourth-order valence-corrected chi connectivity index (χ4v) is 10.6. The molecule has 81 heavy (non-hydrogen) atoms. The third-order valence-corrected chi connectivity index (χ3v) is 16.0. The minimum atomic E-state index is -0.788. The van der Waals surface area contributed by atoms with Crippen LogP contribution in [0.1, 0.15) is 380 Å². The maximum Gasteiger partial charge on any atom is 0.306 e. The zero-order valence-corrected chi connectivity index (χ0v) is 54.3. The van der Waals surface area contributed by atoms with E-state index in [1.165, 1.54) is 238 Å². The van der Waals surface area contributed by atoms with Gasteiger partial charge in [-0.2, -0.15) is 0 Å². The number of ether oxygens (including phenoxy) is 3. The van der Waals surface area contributed by atoms with Crippen LogP contribution in [-0.4, -0.2) is 37.2 Å². The van der Waals surface area contributed by atoms with Crippen molar-refractivity contribution in [3.8, 4) is 0 Å². The molecule has 0 aliphatic rings. The van der Waals surface area contributed by atoms with Crippen LogP contribution in [-0.2, 0) is 28.6 Å². The fourth-order valence-electron chi connectivity index (χ4n) is 10.6. The molecule has 0 spiro atoms. The molecule has 0 radical (unpaired) electrons. The number of hydrogen-bond acceptors (Lipinski definition) is 6. The van der Waals surface area contributed by atoms with Crippen molar-refractivity contribution in [1.29, 1.82) is 0 Å². The summed E-state index contributed by atoms with van der Waals surface area (Å²) in [5.41, 5.74) is 0. The summed E-state index contributed by atoms with van der Waals surface area (Å²) < 4.78 is 17.0. The van der Waals surface area contributed by atoms with E-state index in [1.54, 1.807) is 0 Å². The Morgan fingerprint density at radius 1 is 0.247 bits per heavy atom. The van der Waals surface area contributed by atoms with Crippen LogP contribution in [0.5, 0.6) is 0 Å². The smallest absolute Gasteiger partial charge is 0.306 e. The van der Waals surface area contributed by atoms with E-state index < -0.39 is 6.10 Å². The normalized spacial score (nSPS) is 12.4. The number of allylic oxidation sites excluding steroid dienone is 10. The number of esters is 3. The van der Waals surface area contributed by atoms with Gasteiger partial charge in [-0.05, 0) is 83.5 Å². The Morgan fingerprint density at radius 2 is 0.457 bits per heavy atom. The van der Waals surface area contributed by atoms with E-state index in [0.29, 0.717) is 19.3 Å². The molecule has 0 bridgehead atoms. The average Bonchev–Trinajstić information content (AvgIpc) is 3.47. The van der Waals surface area contributed by atoms with E-state index in [4.69, 9.17) is 14.2 Å². The van der Waals surface area contributed by atoms with Crippen LogP contribution in [0.25, 0.3) is 0 Å². The minimum absolute atomic E-state index is 0.0810. The minimum Gasteiger partial charge on any atom is -0.462 e. The molecule has 1 unspecified atom stereocenters. The van der Waals surface area contributed by atoms with Gasteiger partial charge in [-0.3, -0.25) is 14.4 Å². The highest BCUT2D eigenvalue weighted by Gasteiger charge is 2.19. The second-order valence-electron chi connectivity index (χ2n) is 24.1. The van der Waals surface area contributed by atoms with Gasteiger partial charge in [-0.1, -0.05) is 338 Å². The maximum absolute atomic E-state index is 12.9. The summed E-state index contributed by atoms with van der Waals surface area (Å²) in [6.07, 6.45) is 89.8. The molecule has 0 aliphatic heterocycles. The molecule has 0 saturated carbocycles. The molecular formula is C75H136O6. The third kappa shape index (κ3) is 67.8. The Kier molecular flexibility index (Phi) is 67.1. The van der Waals surface area contributed by atoms with Gasteiger partial charge in [0.1, 0.15) is 13.2 Å². The molecule has 0 aliphatic carbocycles. The van der Waals surface area contributed by atoms with Crippen LogP contribution >= 0.6 is 0 Å². The first-order valence-corrected chi connectivity index (χ1v) is 35.8. The van der Waals surface area contributed by atoms with E-state index >= 15 is 0 Å². The average molecular weight is 1130 g/mol. The molecule has 6 heteroatoms. The number of hydrogen-bond donors (Lipinski definition) is 0. The quantitative estimate of drug-likeness (QED) is 0.0261. The summed E-state index contributed by atoms with van der Waals surface area (Å²) in [6, 6.07) is 0. The lowest BCUT2D eigenvalue weighted by atomic mass is 10.0. The lowest BCUT2D eigenvalue weighted by Crippen LogP contribution is -2.30. The van der Waals surface area contributed by atoms with Gasteiger partial charge in [-0.15, -0.1) is 0 Å². The van der Waals surface area contributed by atoms with Crippen molar-refractivity contribution in [2.45, 2.75) is 386 Å². The van der Waals surface area contributed by atoms with Gasteiger partial charge in [0.2, 0.25) is 0 Å². The van der Waals surface area contributed by atoms with Crippen molar-refractivity contribution in [1.82, 2.24) is 0 Å². The van der Waals surface area contributed by atoms with E-state index in [1.807, 2.05) is 0 Å². The Labute approximate surface area is 504 Å². The molecule has 0 fully saturated rings. The van der Waals surface area contributed by atoms with Crippen LogP contribution in [0.2, 0.25) is 0 Å². The predicted molar refractivity (Wildman–Crippen MR) is 353 cm³/mol. The van der Waals surface area contributed by atoms with Gasteiger partial charge in [-0.25, -0.2) is 0 Å². The standard InChI is InChI=1S/C75H136O6/c1-4-7-10-13-16-19-22-25-28-30-32-33-34-35-36-37-38-39-40-41-42-44-45-47-50-53-56-59-62-65-68-74(77)80-71-72(70-79-73(76)67-64-61-58-55-52-49-27-24-21-18-15-12-9-6-3)81-75(78)69-66-63-60-57-54-51-48-46-43-31-29-26-23-20-17-14-11-8-5-2/h15,17-18,20,24,26-27,29,43,46,72H,4-14,16,19,21-23,25,28,30-42,44-45,47-71H2,1-3H3/b18-15-,20-17-,27-24-,29-26-,46-43-. The van der Waals surface area contributed by atoms with Gasteiger partial charge >= 0.3 is 17.9 Å². The third-order valence-electron chi connectivity index (χ3n) is 16.0. The van der Waals surface area contributed by atoms with E-state index in [-0.39, 0.29) is 31.1 Å². The Morgan fingerprint density at radius 3 is 0.753 bits per heavy atom. The van der Waals surface area contributed by atoms with Crippen molar-refractivity contribution < 1.29 is 28.6 Å². The summed E-state index contributed by atoms with van der Waals surface area (Å²) in [7, 11) is 0.